The van der Waals surface area contributed by atoms with E-state index in [0.717, 1.165) is 17.9 Å². The number of aromatic nitrogens is 3. The van der Waals surface area contributed by atoms with Crippen LogP contribution in [0.5, 0.6) is 5.75 Å². The van der Waals surface area contributed by atoms with Gasteiger partial charge in [-0.25, -0.2) is 0 Å². The van der Waals surface area contributed by atoms with Crippen molar-refractivity contribution in [1.29, 1.82) is 0 Å². The summed E-state index contributed by atoms with van der Waals surface area (Å²) in [4.78, 5) is 3.98. The number of ether oxygens (including phenoxy) is 1. The number of hydrogen-bond acceptors (Lipinski definition) is 6. The zero-order chi connectivity index (χ0) is 15.0. The first-order chi connectivity index (χ1) is 10.9. The third-order valence-corrected chi connectivity index (χ3v) is 2.97. The van der Waals surface area contributed by atoms with Crippen molar-refractivity contribution in [1.82, 2.24) is 20.5 Å². The quantitative estimate of drug-likeness (QED) is 0.721. The molecule has 0 fully saturated rings. The van der Waals surface area contributed by atoms with Gasteiger partial charge in [-0.1, -0.05) is 18.2 Å². The topological polar surface area (TPSA) is 73.1 Å². The van der Waals surface area contributed by atoms with Crippen molar-refractivity contribution in [2.45, 2.75) is 19.7 Å². The summed E-state index contributed by atoms with van der Waals surface area (Å²) in [7, 11) is 0. The van der Waals surface area contributed by atoms with Gasteiger partial charge in [-0.05, 0) is 29.8 Å². The van der Waals surface area contributed by atoms with Crippen LogP contribution in [0.25, 0.3) is 0 Å². The molecule has 0 aliphatic heterocycles. The van der Waals surface area contributed by atoms with Crippen LogP contribution in [0.2, 0.25) is 0 Å². The first-order valence-corrected chi connectivity index (χ1v) is 6.99. The zero-order valence-corrected chi connectivity index (χ0v) is 12.0. The maximum atomic E-state index is 5.56. The molecule has 0 amide bonds. The summed E-state index contributed by atoms with van der Waals surface area (Å²) >= 11 is 0. The van der Waals surface area contributed by atoms with E-state index in [2.05, 4.69) is 20.5 Å². The summed E-state index contributed by atoms with van der Waals surface area (Å²) in [6.45, 7) is 1.50. The number of nitrogens with zero attached hydrogens (tertiary/aromatic N) is 3. The average molecular weight is 296 g/mol. The predicted molar refractivity (Wildman–Crippen MR) is 79.9 cm³/mol. The smallest absolute Gasteiger partial charge is 0.253 e. The van der Waals surface area contributed by atoms with Crippen LogP contribution in [0, 0.1) is 0 Å². The van der Waals surface area contributed by atoms with E-state index in [1.54, 1.807) is 12.4 Å². The van der Waals surface area contributed by atoms with E-state index in [1.807, 2.05) is 42.5 Å². The number of para-hydroxylation sites is 1. The van der Waals surface area contributed by atoms with Gasteiger partial charge < -0.3 is 14.5 Å². The van der Waals surface area contributed by atoms with Crippen LogP contribution in [0.3, 0.4) is 0 Å². The van der Waals surface area contributed by atoms with Crippen LogP contribution in [-0.4, -0.2) is 15.2 Å². The largest absolute Gasteiger partial charge is 0.484 e. The molecular weight excluding hydrogens is 280 g/mol. The highest BCUT2D eigenvalue weighted by molar-refractivity contribution is 5.20. The van der Waals surface area contributed by atoms with Crippen molar-refractivity contribution < 1.29 is 9.15 Å². The molecule has 0 radical (unpaired) electrons. The number of nitrogens with one attached hydrogen (secondary N) is 1. The molecule has 0 spiro atoms. The maximum absolute atomic E-state index is 5.56. The second-order valence-electron chi connectivity index (χ2n) is 4.65. The van der Waals surface area contributed by atoms with Crippen molar-refractivity contribution in [3.63, 3.8) is 0 Å². The highest BCUT2D eigenvalue weighted by Crippen LogP contribution is 2.11. The molecule has 22 heavy (non-hydrogen) atoms. The van der Waals surface area contributed by atoms with E-state index < -0.39 is 0 Å². The molecule has 0 atom stereocenters. The summed E-state index contributed by atoms with van der Waals surface area (Å²) in [6, 6.07) is 13.4. The average Bonchev–Trinajstić information content (AvgIpc) is 3.03. The SMILES string of the molecule is c1ccc(OCc2nnc(CNCc3ccncc3)o2)cc1. The van der Waals surface area contributed by atoms with Crippen LogP contribution in [-0.2, 0) is 19.7 Å². The normalized spacial score (nSPS) is 10.5. The van der Waals surface area contributed by atoms with E-state index in [1.165, 1.54) is 0 Å². The highest BCUT2D eigenvalue weighted by Gasteiger charge is 2.06. The number of rotatable bonds is 7. The molecule has 0 aliphatic carbocycles. The Morgan fingerprint density at radius 3 is 2.50 bits per heavy atom. The van der Waals surface area contributed by atoms with E-state index in [0.29, 0.717) is 18.3 Å². The zero-order valence-electron chi connectivity index (χ0n) is 12.0. The van der Waals surface area contributed by atoms with Gasteiger partial charge in [-0.15, -0.1) is 10.2 Å². The second kappa shape index (κ2) is 7.33. The van der Waals surface area contributed by atoms with Crippen LogP contribution in [0.15, 0.2) is 59.3 Å². The fraction of sp³-hybridized carbons (Fsp3) is 0.188. The van der Waals surface area contributed by atoms with Gasteiger partial charge in [-0.2, -0.15) is 0 Å². The fourth-order valence-corrected chi connectivity index (χ4v) is 1.89. The summed E-state index contributed by atoms with van der Waals surface area (Å²) in [5, 5.41) is 11.2. The van der Waals surface area contributed by atoms with E-state index in [4.69, 9.17) is 9.15 Å². The van der Waals surface area contributed by atoms with Gasteiger partial charge >= 0.3 is 0 Å². The Kier molecular flexibility index (Phi) is 4.74. The van der Waals surface area contributed by atoms with Gasteiger partial charge in [-0.3, -0.25) is 4.98 Å². The predicted octanol–water partition coefficient (Wildman–Crippen LogP) is 2.33. The molecule has 3 aromatic rings. The maximum Gasteiger partial charge on any atom is 0.253 e. The lowest BCUT2D eigenvalue weighted by Gasteiger charge is -2.02. The van der Waals surface area contributed by atoms with Crippen LogP contribution < -0.4 is 10.1 Å². The Hall–Kier alpha value is -2.73. The third-order valence-electron chi connectivity index (χ3n) is 2.97. The van der Waals surface area contributed by atoms with Crippen LogP contribution in [0.1, 0.15) is 17.3 Å². The molecule has 0 bridgehead atoms. The van der Waals surface area contributed by atoms with E-state index in [9.17, 15) is 0 Å². The molecule has 0 saturated heterocycles. The minimum absolute atomic E-state index is 0.265. The Balaban J connectivity index is 1.45. The summed E-state index contributed by atoms with van der Waals surface area (Å²) in [5.41, 5.74) is 1.15. The minimum atomic E-state index is 0.265. The molecule has 1 N–H and O–H groups in total. The Morgan fingerprint density at radius 2 is 1.68 bits per heavy atom. The lowest BCUT2D eigenvalue weighted by Crippen LogP contribution is -2.12. The number of benzene rings is 1. The Labute approximate surface area is 128 Å². The van der Waals surface area contributed by atoms with Gasteiger partial charge in [0.1, 0.15) is 5.75 Å². The lowest BCUT2D eigenvalue weighted by molar-refractivity contribution is 0.258. The van der Waals surface area contributed by atoms with Gasteiger partial charge in [0.2, 0.25) is 5.89 Å². The summed E-state index contributed by atoms with van der Waals surface area (Å²) in [5.74, 6) is 1.78. The van der Waals surface area contributed by atoms with Gasteiger partial charge in [0.05, 0.1) is 6.54 Å². The molecule has 112 valence electrons. The first kappa shape index (κ1) is 14.2. The molecule has 3 rings (SSSR count). The third kappa shape index (κ3) is 4.13. The molecule has 0 aliphatic rings. The molecule has 2 aromatic heterocycles. The van der Waals surface area contributed by atoms with Crippen LogP contribution >= 0.6 is 0 Å². The van der Waals surface area contributed by atoms with Gasteiger partial charge in [0.25, 0.3) is 5.89 Å². The van der Waals surface area contributed by atoms with Crippen molar-refractivity contribution in [2.24, 2.45) is 0 Å². The van der Waals surface area contributed by atoms with Gasteiger partial charge in [0, 0.05) is 18.9 Å². The molecule has 0 unspecified atom stereocenters. The summed E-state index contributed by atoms with van der Waals surface area (Å²) < 4.78 is 11.1. The fourth-order valence-electron chi connectivity index (χ4n) is 1.89. The molecule has 6 nitrogen and oxygen atoms in total. The number of pyridine rings is 1. The molecule has 1 aromatic carbocycles. The Morgan fingerprint density at radius 1 is 0.909 bits per heavy atom. The standard InChI is InChI=1S/C16H16N4O2/c1-2-4-14(5-3-1)21-12-16-20-19-15(22-16)11-18-10-13-6-8-17-9-7-13/h1-9,18H,10-12H2. The summed E-state index contributed by atoms with van der Waals surface area (Å²) in [6.07, 6.45) is 3.53. The lowest BCUT2D eigenvalue weighted by atomic mass is 10.3. The van der Waals surface area contributed by atoms with Crippen molar-refractivity contribution >= 4 is 0 Å². The van der Waals surface area contributed by atoms with Crippen molar-refractivity contribution in [2.75, 3.05) is 0 Å². The van der Waals surface area contributed by atoms with Crippen molar-refractivity contribution in [3.8, 4) is 5.75 Å². The highest BCUT2D eigenvalue weighted by atomic mass is 16.5. The first-order valence-electron chi connectivity index (χ1n) is 6.99. The second-order valence-corrected chi connectivity index (χ2v) is 4.65. The van der Waals surface area contributed by atoms with Crippen molar-refractivity contribution in [3.05, 3.63) is 72.2 Å². The number of hydrogen-bond donors (Lipinski definition) is 1. The van der Waals surface area contributed by atoms with Crippen LogP contribution in [0.4, 0.5) is 0 Å². The monoisotopic (exact) mass is 296 g/mol. The molecule has 2 heterocycles. The van der Waals surface area contributed by atoms with E-state index >= 15 is 0 Å². The van der Waals surface area contributed by atoms with Gasteiger partial charge in [0.15, 0.2) is 6.61 Å². The minimum Gasteiger partial charge on any atom is -0.484 e. The Bertz CT molecular complexity index is 686. The molecule has 6 heteroatoms. The van der Waals surface area contributed by atoms with E-state index in [-0.39, 0.29) is 6.61 Å². The molecular formula is C16H16N4O2. The molecule has 0 saturated carbocycles.